The van der Waals surface area contributed by atoms with Crippen molar-refractivity contribution in [2.75, 3.05) is 6.61 Å². The number of halogens is 3. The molecule has 1 unspecified atom stereocenters. The molecular weight excluding hydrogens is 361 g/mol. The number of hydrogen-bond donors (Lipinski definition) is 1. The van der Waals surface area contributed by atoms with Crippen molar-refractivity contribution >= 4 is 15.9 Å². The Balaban J connectivity index is 2.18. The molecule has 1 heterocycles. The van der Waals surface area contributed by atoms with Crippen molar-refractivity contribution in [1.29, 1.82) is 5.26 Å². The molecule has 10 heteroatoms. The van der Waals surface area contributed by atoms with Gasteiger partial charge in [0.25, 0.3) is 10.0 Å². The van der Waals surface area contributed by atoms with Crippen LogP contribution in [0.1, 0.15) is 36.8 Å². The topological polar surface area (TPSA) is 96.3 Å². The monoisotopic (exact) mass is 376 g/mol. The number of nitrogens with zero attached hydrogens (tertiary/aromatic N) is 1. The number of nitrogens with one attached hydrogen (secondary N) is 1. The smallest absolute Gasteiger partial charge is 0.378 e. The fraction of sp³-hybridized carbons (Fsp3) is 0.467. The summed E-state index contributed by atoms with van der Waals surface area (Å²) in [6.07, 6.45) is -3.41. The van der Waals surface area contributed by atoms with Gasteiger partial charge < -0.3 is 4.74 Å². The average Bonchev–Trinajstić information content (AvgIpc) is 3.04. The summed E-state index contributed by atoms with van der Waals surface area (Å²) in [6.45, 7) is 0.574. The second-order valence-corrected chi connectivity index (χ2v) is 7.17. The third-order valence-electron chi connectivity index (χ3n) is 3.67. The molecule has 0 aromatic heterocycles. The van der Waals surface area contributed by atoms with E-state index in [0.717, 1.165) is 18.9 Å². The molecule has 1 aliphatic heterocycles. The van der Waals surface area contributed by atoms with Gasteiger partial charge in [-0.1, -0.05) is 0 Å². The molecule has 0 radical (unpaired) electrons. The van der Waals surface area contributed by atoms with Crippen molar-refractivity contribution in [2.24, 2.45) is 0 Å². The van der Waals surface area contributed by atoms with Gasteiger partial charge in [0.15, 0.2) is 0 Å². The summed E-state index contributed by atoms with van der Waals surface area (Å²) >= 11 is 0. The van der Waals surface area contributed by atoms with E-state index in [1.54, 1.807) is 4.72 Å². The van der Waals surface area contributed by atoms with E-state index in [2.05, 4.69) is 0 Å². The minimum atomic E-state index is -4.99. The Bertz CT molecular complexity index is 794. The SMILES string of the molecule is N#Cc1ccc(S(=O)(=O)NC(=O)CCC2CCCO2)c(C(F)(F)F)c1. The lowest BCUT2D eigenvalue weighted by Crippen LogP contribution is -2.32. The number of sulfonamides is 1. The van der Waals surface area contributed by atoms with Gasteiger partial charge in [0.1, 0.15) is 0 Å². The Morgan fingerprint density at radius 1 is 1.40 bits per heavy atom. The van der Waals surface area contributed by atoms with Crippen LogP contribution in [-0.4, -0.2) is 27.0 Å². The lowest BCUT2D eigenvalue weighted by molar-refractivity contribution is -0.140. The van der Waals surface area contributed by atoms with Gasteiger partial charge in [-0.05, 0) is 37.5 Å². The average molecular weight is 376 g/mol. The number of amides is 1. The van der Waals surface area contributed by atoms with Crippen molar-refractivity contribution < 1.29 is 31.1 Å². The molecule has 1 aromatic carbocycles. The van der Waals surface area contributed by atoms with Gasteiger partial charge in [0, 0.05) is 13.0 Å². The first kappa shape index (κ1) is 19.2. The second-order valence-electron chi connectivity index (χ2n) is 5.52. The van der Waals surface area contributed by atoms with Crippen molar-refractivity contribution in [1.82, 2.24) is 4.72 Å². The molecule has 0 bridgehead atoms. The second kappa shape index (κ2) is 7.41. The zero-order valence-corrected chi connectivity index (χ0v) is 13.8. The van der Waals surface area contributed by atoms with Crippen LogP contribution in [0.4, 0.5) is 13.2 Å². The van der Waals surface area contributed by atoms with Gasteiger partial charge in [0.05, 0.1) is 28.2 Å². The zero-order valence-electron chi connectivity index (χ0n) is 13.0. The molecule has 0 saturated carbocycles. The van der Waals surface area contributed by atoms with Gasteiger partial charge in [-0.15, -0.1) is 0 Å². The molecule has 1 atom stereocenters. The molecule has 1 N–H and O–H groups in total. The number of ether oxygens (including phenoxy) is 1. The van der Waals surface area contributed by atoms with Crippen LogP contribution in [0.2, 0.25) is 0 Å². The van der Waals surface area contributed by atoms with Gasteiger partial charge in [-0.3, -0.25) is 4.79 Å². The normalized spacial score (nSPS) is 17.9. The van der Waals surface area contributed by atoms with Crippen LogP contribution in [0.3, 0.4) is 0 Å². The summed E-state index contributed by atoms with van der Waals surface area (Å²) in [6, 6.07) is 3.56. The van der Waals surface area contributed by atoms with Crippen molar-refractivity contribution in [3.63, 3.8) is 0 Å². The predicted octanol–water partition coefficient (Wildman–Crippen LogP) is 2.34. The van der Waals surface area contributed by atoms with E-state index < -0.39 is 32.6 Å². The summed E-state index contributed by atoms with van der Waals surface area (Å²) in [5.41, 5.74) is -1.83. The Kier molecular flexibility index (Phi) is 5.69. The Morgan fingerprint density at radius 2 is 2.12 bits per heavy atom. The van der Waals surface area contributed by atoms with Crippen LogP contribution in [0.5, 0.6) is 0 Å². The number of rotatable bonds is 5. The van der Waals surface area contributed by atoms with Crippen LogP contribution in [0, 0.1) is 11.3 Å². The maximum atomic E-state index is 13.1. The molecule has 25 heavy (non-hydrogen) atoms. The summed E-state index contributed by atoms with van der Waals surface area (Å²) in [5, 5.41) is 8.69. The van der Waals surface area contributed by atoms with Crippen LogP contribution in [-0.2, 0) is 25.7 Å². The van der Waals surface area contributed by atoms with E-state index in [1.165, 1.54) is 6.07 Å². The first-order chi connectivity index (χ1) is 11.6. The number of alkyl halides is 3. The highest BCUT2D eigenvalue weighted by atomic mass is 32.2. The number of benzene rings is 1. The fourth-order valence-corrected chi connectivity index (χ4v) is 3.70. The number of nitriles is 1. The Morgan fingerprint density at radius 3 is 2.68 bits per heavy atom. The maximum Gasteiger partial charge on any atom is 0.417 e. The van der Waals surface area contributed by atoms with E-state index >= 15 is 0 Å². The molecule has 1 fully saturated rings. The van der Waals surface area contributed by atoms with E-state index in [9.17, 15) is 26.4 Å². The van der Waals surface area contributed by atoms with Crippen LogP contribution in [0.15, 0.2) is 23.1 Å². The van der Waals surface area contributed by atoms with Crippen LogP contribution >= 0.6 is 0 Å². The molecule has 0 spiro atoms. The van der Waals surface area contributed by atoms with E-state index in [-0.39, 0.29) is 18.1 Å². The van der Waals surface area contributed by atoms with E-state index in [1.807, 2.05) is 0 Å². The quantitative estimate of drug-likeness (QED) is 0.851. The third-order valence-corrected chi connectivity index (χ3v) is 5.10. The lowest BCUT2D eigenvalue weighted by Gasteiger charge is -2.14. The van der Waals surface area contributed by atoms with Crippen molar-refractivity contribution in [3.05, 3.63) is 29.3 Å². The molecule has 136 valence electrons. The summed E-state index contributed by atoms with van der Waals surface area (Å²) in [4.78, 5) is 10.7. The van der Waals surface area contributed by atoms with Crippen LogP contribution in [0.25, 0.3) is 0 Å². The number of carbonyl (C=O) groups excluding carboxylic acids is 1. The van der Waals surface area contributed by atoms with Crippen molar-refractivity contribution in [2.45, 2.75) is 42.9 Å². The Labute approximate surface area is 142 Å². The largest absolute Gasteiger partial charge is 0.417 e. The highest BCUT2D eigenvalue weighted by Gasteiger charge is 2.38. The molecule has 1 amide bonds. The van der Waals surface area contributed by atoms with E-state index in [4.69, 9.17) is 10.00 Å². The van der Waals surface area contributed by atoms with Gasteiger partial charge >= 0.3 is 6.18 Å². The van der Waals surface area contributed by atoms with E-state index in [0.29, 0.717) is 25.2 Å². The molecule has 2 rings (SSSR count). The third kappa shape index (κ3) is 4.93. The summed E-state index contributed by atoms with van der Waals surface area (Å²) in [5.74, 6) is -0.909. The number of carbonyl (C=O) groups is 1. The summed E-state index contributed by atoms with van der Waals surface area (Å²) < 4.78 is 70.5. The molecular formula is C15H15F3N2O4S. The standard InChI is InChI=1S/C15H15F3N2O4S/c16-15(17,18)12-8-10(9-19)3-5-13(12)25(22,23)20-14(21)6-4-11-2-1-7-24-11/h3,5,8,11H,1-2,4,6-7H2,(H,20,21). The molecule has 0 aliphatic carbocycles. The molecule has 1 saturated heterocycles. The first-order valence-electron chi connectivity index (χ1n) is 7.42. The zero-order chi connectivity index (χ0) is 18.7. The minimum Gasteiger partial charge on any atom is -0.378 e. The lowest BCUT2D eigenvalue weighted by atomic mass is 10.1. The fourth-order valence-electron chi connectivity index (χ4n) is 2.48. The van der Waals surface area contributed by atoms with Gasteiger partial charge in [0.2, 0.25) is 5.91 Å². The molecule has 1 aromatic rings. The van der Waals surface area contributed by atoms with Gasteiger partial charge in [-0.25, -0.2) is 13.1 Å². The molecule has 1 aliphatic rings. The van der Waals surface area contributed by atoms with Crippen molar-refractivity contribution in [3.8, 4) is 6.07 Å². The first-order valence-corrected chi connectivity index (χ1v) is 8.90. The maximum absolute atomic E-state index is 13.1. The highest BCUT2D eigenvalue weighted by molar-refractivity contribution is 7.90. The van der Waals surface area contributed by atoms with Crippen LogP contribution < -0.4 is 4.72 Å². The minimum absolute atomic E-state index is 0.144. The highest BCUT2D eigenvalue weighted by Crippen LogP contribution is 2.34. The molecule has 6 nitrogen and oxygen atoms in total. The summed E-state index contributed by atoms with van der Waals surface area (Å²) in [7, 11) is -4.71. The van der Waals surface area contributed by atoms with Gasteiger partial charge in [-0.2, -0.15) is 18.4 Å². The number of hydrogen-bond acceptors (Lipinski definition) is 5. The Hall–Kier alpha value is -2.12. The predicted molar refractivity (Wildman–Crippen MR) is 79.7 cm³/mol.